The van der Waals surface area contributed by atoms with Crippen LogP contribution in [0.2, 0.25) is 10.0 Å². The number of rotatable bonds is 4. The average Bonchev–Trinajstić information content (AvgIpc) is 3.07. The highest BCUT2D eigenvalue weighted by Gasteiger charge is 2.20. The van der Waals surface area contributed by atoms with E-state index >= 15 is 0 Å². The number of fused-ring (bicyclic) bond motifs is 1. The predicted octanol–water partition coefficient (Wildman–Crippen LogP) is 5.86. The van der Waals surface area contributed by atoms with Crippen LogP contribution in [0.25, 0.3) is 28.3 Å². The Morgan fingerprint density at radius 3 is 2.14 bits per heavy atom. The van der Waals surface area contributed by atoms with Crippen molar-refractivity contribution in [2.45, 2.75) is 13.8 Å². The molecule has 0 spiro atoms. The van der Waals surface area contributed by atoms with E-state index in [0.717, 1.165) is 22.5 Å². The van der Waals surface area contributed by atoms with Gasteiger partial charge in [0.1, 0.15) is 0 Å². The molecule has 146 valence electrons. The van der Waals surface area contributed by atoms with Crippen molar-refractivity contribution < 1.29 is 9.53 Å². The molecule has 0 amide bonds. The molecule has 0 aliphatic heterocycles. The summed E-state index contributed by atoms with van der Waals surface area (Å²) >= 11 is 12.1. The van der Waals surface area contributed by atoms with Gasteiger partial charge in [-0.25, -0.2) is 14.8 Å². The molecule has 7 heteroatoms. The number of nitrogens with zero attached hydrogens (tertiary/aromatic N) is 3. The monoisotopic (exact) mass is 425 g/mol. The molecule has 2 aromatic heterocycles. The first kappa shape index (κ1) is 19.4. The topological polar surface area (TPSA) is 56.5 Å². The first-order valence-electron chi connectivity index (χ1n) is 9.06. The van der Waals surface area contributed by atoms with Crippen molar-refractivity contribution in [2.24, 2.45) is 0 Å². The van der Waals surface area contributed by atoms with Crippen LogP contribution in [-0.2, 0) is 4.74 Å². The molecule has 0 aliphatic rings. The lowest BCUT2D eigenvalue weighted by Gasteiger charge is -2.09. The van der Waals surface area contributed by atoms with Crippen LogP contribution in [0.3, 0.4) is 0 Å². The molecule has 2 aromatic carbocycles. The zero-order valence-electron chi connectivity index (χ0n) is 15.8. The van der Waals surface area contributed by atoms with Crippen LogP contribution in [0, 0.1) is 6.92 Å². The molecular weight excluding hydrogens is 409 g/mol. The lowest BCUT2D eigenvalue weighted by atomic mass is 10.0. The maximum absolute atomic E-state index is 12.4. The number of halogens is 2. The van der Waals surface area contributed by atoms with Gasteiger partial charge < -0.3 is 4.74 Å². The predicted molar refractivity (Wildman–Crippen MR) is 115 cm³/mol. The summed E-state index contributed by atoms with van der Waals surface area (Å²) in [6, 6.07) is 14.9. The van der Waals surface area contributed by atoms with Gasteiger partial charge in [0.2, 0.25) is 5.78 Å². The minimum atomic E-state index is -0.414. The Kier molecular flexibility index (Phi) is 5.26. The number of benzene rings is 2. The molecule has 0 N–H and O–H groups in total. The third kappa shape index (κ3) is 3.71. The van der Waals surface area contributed by atoms with Gasteiger partial charge in [-0.05, 0) is 38.1 Å². The maximum atomic E-state index is 12.4. The maximum Gasteiger partial charge on any atom is 0.341 e. The Morgan fingerprint density at radius 2 is 1.55 bits per heavy atom. The van der Waals surface area contributed by atoms with Crippen molar-refractivity contribution in [3.05, 3.63) is 76.0 Å². The number of carbonyl (C=O) groups excluding carboxylic acids is 1. The number of hydrogen-bond donors (Lipinski definition) is 0. The van der Waals surface area contributed by atoms with Crippen LogP contribution >= 0.6 is 23.2 Å². The molecule has 0 fully saturated rings. The summed E-state index contributed by atoms with van der Waals surface area (Å²) in [5.41, 5.74) is 4.28. The van der Waals surface area contributed by atoms with Crippen LogP contribution in [0.15, 0.2) is 54.7 Å². The van der Waals surface area contributed by atoms with Gasteiger partial charge in [-0.1, -0.05) is 47.5 Å². The fraction of sp³-hybridized carbons (Fsp3) is 0.136. The zero-order chi connectivity index (χ0) is 20.5. The van der Waals surface area contributed by atoms with Gasteiger partial charge in [0.25, 0.3) is 0 Å². The van der Waals surface area contributed by atoms with E-state index in [2.05, 4.69) is 4.98 Å². The van der Waals surface area contributed by atoms with Gasteiger partial charge in [-0.15, -0.1) is 0 Å². The Balaban J connectivity index is 2.01. The lowest BCUT2D eigenvalue weighted by Crippen LogP contribution is -2.10. The van der Waals surface area contributed by atoms with E-state index in [1.165, 1.54) is 0 Å². The number of hydrogen-bond acceptors (Lipinski definition) is 4. The Bertz CT molecular complexity index is 1200. The average molecular weight is 426 g/mol. The molecule has 0 unspecified atom stereocenters. The molecular formula is C22H17Cl2N3O2. The summed E-state index contributed by atoms with van der Waals surface area (Å²) in [5, 5.41) is 1.28. The van der Waals surface area contributed by atoms with Gasteiger partial charge in [0, 0.05) is 27.4 Å². The number of esters is 1. The highest BCUT2D eigenvalue weighted by Crippen LogP contribution is 2.34. The molecule has 0 saturated carbocycles. The zero-order valence-corrected chi connectivity index (χ0v) is 17.3. The van der Waals surface area contributed by atoms with Gasteiger partial charge in [0.05, 0.1) is 29.3 Å². The van der Waals surface area contributed by atoms with Crippen LogP contribution in [0.5, 0.6) is 0 Å². The summed E-state index contributed by atoms with van der Waals surface area (Å²) < 4.78 is 6.99. The molecule has 2 heterocycles. The summed E-state index contributed by atoms with van der Waals surface area (Å²) in [6.07, 6.45) is 1.73. The number of aromatic nitrogens is 3. The van der Waals surface area contributed by atoms with Crippen molar-refractivity contribution in [3.63, 3.8) is 0 Å². The van der Waals surface area contributed by atoms with Crippen molar-refractivity contribution in [1.82, 2.24) is 14.4 Å². The number of ether oxygens (including phenoxy) is 1. The fourth-order valence-electron chi connectivity index (χ4n) is 3.16. The third-order valence-electron chi connectivity index (χ3n) is 4.54. The van der Waals surface area contributed by atoms with Crippen molar-refractivity contribution in [2.75, 3.05) is 6.61 Å². The van der Waals surface area contributed by atoms with Gasteiger partial charge in [0.15, 0.2) is 0 Å². The molecule has 29 heavy (non-hydrogen) atoms. The van der Waals surface area contributed by atoms with E-state index in [0.29, 0.717) is 33.7 Å². The Hall–Kier alpha value is -2.89. The molecule has 0 aliphatic carbocycles. The van der Waals surface area contributed by atoms with Crippen LogP contribution in [0.4, 0.5) is 0 Å². The van der Waals surface area contributed by atoms with Gasteiger partial charge in [-0.2, -0.15) is 0 Å². The van der Waals surface area contributed by atoms with Crippen LogP contribution in [0.1, 0.15) is 23.0 Å². The van der Waals surface area contributed by atoms with Crippen molar-refractivity contribution in [3.8, 4) is 22.5 Å². The lowest BCUT2D eigenvalue weighted by molar-refractivity contribution is 0.0524. The quantitative estimate of drug-likeness (QED) is 0.384. The highest BCUT2D eigenvalue weighted by molar-refractivity contribution is 6.31. The molecule has 4 aromatic rings. The molecule has 0 radical (unpaired) electrons. The van der Waals surface area contributed by atoms with E-state index in [-0.39, 0.29) is 0 Å². The van der Waals surface area contributed by atoms with Crippen molar-refractivity contribution >= 4 is 34.9 Å². The van der Waals surface area contributed by atoms with E-state index in [4.69, 9.17) is 32.9 Å². The van der Waals surface area contributed by atoms with E-state index in [1.54, 1.807) is 20.0 Å². The van der Waals surface area contributed by atoms with Crippen LogP contribution in [-0.4, -0.2) is 26.9 Å². The summed E-state index contributed by atoms with van der Waals surface area (Å²) in [6.45, 7) is 3.83. The number of carbonyl (C=O) groups is 1. The second-order valence-electron chi connectivity index (χ2n) is 6.45. The van der Waals surface area contributed by atoms with E-state index < -0.39 is 5.97 Å². The highest BCUT2D eigenvalue weighted by atomic mass is 35.5. The van der Waals surface area contributed by atoms with Gasteiger partial charge >= 0.3 is 5.97 Å². The van der Waals surface area contributed by atoms with Gasteiger partial charge in [-0.3, -0.25) is 4.40 Å². The van der Waals surface area contributed by atoms with Crippen molar-refractivity contribution in [1.29, 1.82) is 0 Å². The van der Waals surface area contributed by atoms with E-state index in [9.17, 15) is 4.79 Å². The number of aryl methyl sites for hydroxylation is 1. The fourth-order valence-corrected chi connectivity index (χ4v) is 3.41. The molecule has 0 atom stereocenters. The minimum Gasteiger partial charge on any atom is -0.462 e. The molecule has 0 bridgehead atoms. The number of imidazole rings is 1. The first-order chi connectivity index (χ1) is 14.0. The second kappa shape index (κ2) is 7.85. The Morgan fingerprint density at radius 1 is 0.966 bits per heavy atom. The SMILES string of the molecule is CCOC(=O)c1cn2c(-c3ccc(Cl)cc3)c(-c3ccc(Cl)cc3)nc2nc1C. The first-order valence-corrected chi connectivity index (χ1v) is 9.82. The second-order valence-corrected chi connectivity index (χ2v) is 7.33. The smallest absolute Gasteiger partial charge is 0.341 e. The minimum absolute atomic E-state index is 0.292. The Labute approximate surface area is 177 Å². The third-order valence-corrected chi connectivity index (χ3v) is 5.04. The molecule has 5 nitrogen and oxygen atoms in total. The summed E-state index contributed by atoms with van der Waals surface area (Å²) in [7, 11) is 0. The normalized spacial score (nSPS) is 11.0. The largest absolute Gasteiger partial charge is 0.462 e. The summed E-state index contributed by atoms with van der Waals surface area (Å²) in [5.74, 6) is 0.0775. The van der Waals surface area contributed by atoms with E-state index in [1.807, 2.05) is 52.9 Å². The molecule has 0 saturated heterocycles. The standard InChI is InChI=1S/C22H17Cl2N3O2/c1-3-29-21(28)18-12-27-20(15-6-10-17(24)11-7-15)19(26-22(27)25-13(18)2)14-4-8-16(23)9-5-14/h4-12H,3H2,1-2H3. The summed E-state index contributed by atoms with van der Waals surface area (Å²) in [4.78, 5) is 21.7. The van der Waals surface area contributed by atoms with Crippen LogP contribution < -0.4 is 0 Å². The molecule has 4 rings (SSSR count).